The molecule has 0 saturated carbocycles. The maximum atomic E-state index is 11.1. The molecule has 0 aliphatic heterocycles. The van der Waals surface area contributed by atoms with Crippen molar-refractivity contribution in [2.24, 2.45) is 0 Å². The van der Waals surface area contributed by atoms with Gasteiger partial charge in [0.15, 0.2) is 0 Å². The van der Waals surface area contributed by atoms with E-state index in [2.05, 4.69) is 4.72 Å². The Hall–Kier alpha value is -1.03. The van der Waals surface area contributed by atoms with Gasteiger partial charge in [-0.1, -0.05) is 19.1 Å². The number of hydrogen-bond donors (Lipinski definition) is 1. The van der Waals surface area contributed by atoms with Crippen LogP contribution in [0.15, 0.2) is 18.2 Å². The fraction of sp³-hybridized carbons (Fsp3) is 0.400. The smallest absolute Gasteiger partial charge is 0.229 e. The minimum absolute atomic E-state index is 0.690. The summed E-state index contributed by atoms with van der Waals surface area (Å²) in [6, 6.07) is 5.61. The Kier molecular flexibility index (Phi) is 3.16. The molecule has 0 saturated heterocycles. The van der Waals surface area contributed by atoms with Crippen LogP contribution in [0.4, 0.5) is 5.69 Å². The first-order valence-corrected chi connectivity index (χ1v) is 6.39. The van der Waals surface area contributed by atoms with E-state index in [9.17, 15) is 8.42 Å². The van der Waals surface area contributed by atoms with Gasteiger partial charge >= 0.3 is 0 Å². The molecule has 0 radical (unpaired) electrons. The van der Waals surface area contributed by atoms with Crippen LogP contribution >= 0.6 is 0 Å². The number of benzene rings is 1. The van der Waals surface area contributed by atoms with Crippen LogP contribution in [0.3, 0.4) is 0 Å². The molecule has 3 nitrogen and oxygen atoms in total. The molecule has 0 atom stereocenters. The van der Waals surface area contributed by atoms with E-state index in [0.29, 0.717) is 5.69 Å². The van der Waals surface area contributed by atoms with Gasteiger partial charge in [-0.05, 0) is 30.5 Å². The first-order valence-electron chi connectivity index (χ1n) is 4.50. The van der Waals surface area contributed by atoms with Crippen molar-refractivity contribution >= 4 is 15.7 Å². The van der Waals surface area contributed by atoms with E-state index in [1.807, 2.05) is 26.0 Å². The molecule has 0 unspecified atom stereocenters. The summed E-state index contributed by atoms with van der Waals surface area (Å²) in [7, 11) is -3.18. The first-order chi connectivity index (χ1) is 6.44. The van der Waals surface area contributed by atoms with E-state index in [-0.39, 0.29) is 0 Å². The summed E-state index contributed by atoms with van der Waals surface area (Å²) in [6.07, 6.45) is 1.99. The van der Waals surface area contributed by atoms with Gasteiger partial charge in [-0.3, -0.25) is 4.72 Å². The minimum atomic E-state index is -3.18. The predicted molar refractivity (Wildman–Crippen MR) is 59.0 cm³/mol. The summed E-state index contributed by atoms with van der Waals surface area (Å²) in [5.41, 5.74) is 2.86. The number of aryl methyl sites for hydroxylation is 1. The van der Waals surface area contributed by atoms with Gasteiger partial charge in [-0.2, -0.15) is 0 Å². The second kappa shape index (κ2) is 4.00. The van der Waals surface area contributed by atoms with E-state index in [1.165, 1.54) is 0 Å². The molecule has 1 aromatic rings. The predicted octanol–water partition coefficient (Wildman–Crippen LogP) is 1.93. The average Bonchev–Trinajstić information content (AvgIpc) is 2.01. The highest BCUT2D eigenvalue weighted by molar-refractivity contribution is 7.92. The van der Waals surface area contributed by atoms with Crippen LogP contribution in [-0.2, 0) is 16.4 Å². The zero-order valence-electron chi connectivity index (χ0n) is 8.66. The van der Waals surface area contributed by atoms with Crippen LogP contribution in [0.5, 0.6) is 0 Å². The normalized spacial score (nSPS) is 11.4. The van der Waals surface area contributed by atoms with Crippen LogP contribution < -0.4 is 4.72 Å². The number of sulfonamides is 1. The lowest BCUT2D eigenvalue weighted by atomic mass is 10.1. The lowest BCUT2D eigenvalue weighted by Gasteiger charge is -2.11. The summed E-state index contributed by atoms with van der Waals surface area (Å²) in [4.78, 5) is 0. The van der Waals surface area contributed by atoms with E-state index in [4.69, 9.17) is 0 Å². The van der Waals surface area contributed by atoms with Gasteiger partial charge in [0.2, 0.25) is 10.0 Å². The van der Waals surface area contributed by atoms with Gasteiger partial charge in [-0.25, -0.2) is 8.42 Å². The monoisotopic (exact) mass is 213 g/mol. The van der Waals surface area contributed by atoms with E-state index in [0.717, 1.165) is 23.8 Å². The Morgan fingerprint density at radius 3 is 2.50 bits per heavy atom. The van der Waals surface area contributed by atoms with Gasteiger partial charge in [0.25, 0.3) is 0 Å². The van der Waals surface area contributed by atoms with Crippen LogP contribution in [0.1, 0.15) is 18.1 Å². The molecule has 0 amide bonds. The molecule has 14 heavy (non-hydrogen) atoms. The average molecular weight is 213 g/mol. The van der Waals surface area contributed by atoms with Crippen molar-refractivity contribution in [1.82, 2.24) is 0 Å². The van der Waals surface area contributed by atoms with Crippen molar-refractivity contribution in [3.05, 3.63) is 29.3 Å². The maximum Gasteiger partial charge on any atom is 0.229 e. The Bertz CT molecular complexity index is 424. The summed E-state index contributed by atoms with van der Waals surface area (Å²) >= 11 is 0. The molecule has 1 rings (SSSR count). The van der Waals surface area contributed by atoms with Crippen molar-refractivity contribution in [3.8, 4) is 0 Å². The SMILES string of the molecule is CCc1c(C)cccc1NS(C)(=O)=O. The second-order valence-corrected chi connectivity index (χ2v) is 5.08. The van der Waals surface area contributed by atoms with Crippen LogP contribution in [0.25, 0.3) is 0 Å². The molecule has 0 aromatic heterocycles. The third kappa shape index (κ3) is 2.73. The van der Waals surface area contributed by atoms with Crippen LogP contribution in [-0.4, -0.2) is 14.7 Å². The highest BCUT2D eigenvalue weighted by atomic mass is 32.2. The van der Waals surface area contributed by atoms with Crippen LogP contribution in [0, 0.1) is 6.92 Å². The minimum Gasteiger partial charge on any atom is -0.283 e. The molecular formula is C10H15NO2S. The Morgan fingerprint density at radius 2 is 2.00 bits per heavy atom. The standard InChI is InChI=1S/C10H15NO2S/c1-4-9-8(2)6-5-7-10(9)11-14(3,12)13/h5-7,11H,4H2,1-3H3. The van der Waals surface area contributed by atoms with Crippen molar-refractivity contribution in [2.75, 3.05) is 11.0 Å². The van der Waals surface area contributed by atoms with Gasteiger partial charge in [0, 0.05) is 0 Å². The molecule has 1 aromatic carbocycles. The van der Waals surface area contributed by atoms with Crippen molar-refractivity contribution < 1.29 is 8.42 Å². The summed E-state index contributed by atoms with van der Waals surface area (Å²) in [6.45, 7) is 3.99. The fourth-order valence-corrected chi connectivity index (χ4v) is 2.06. The van der Waals surface area contributed by atoms with Crippen molar-refractivity contribution in [1.29, 1.82) is 0 Å². The summed E-state index contributed by atoms with van der Waals surface area (Å²) in [5.74, 6) is 0. The lowest BCUT2D eigenvalue weighted by molar-refractivity contribution is 0.606. The zero-order valence-corrected chi connectivity index (χ0v) is 9.48. The summed E-state index contributed by atoms with van der Waals surface area (Å²) < 4.78 is 24.7. The molecule has 0 aliphatic rings. The fourth-order valence-electron chi connectivity index (χ4n) is 1.47. The highest BCUT2D eigenvalue weighted by Gasteiger charge is 2.07. The highest BCUT2D eigenvalue weighted by Crippen LogP contribution is 2.20. The topological polar surface area (TPSA) is 46.2 Å². The molecule has 78 valence electrons. The Labute approximate surface area is 85.2 Å². The zero-order chi connectivity index (χ0) is 10.8. The largest absolute Gasteiger partial charge is 0.283 e. The number of rotatable bonds is 3. The quantitative estimate of drug-likeness (QED) is 0.834. The van der Waals surface area contributed by atoms with Gasteiger partial charge in [-0.15, -0.1) is 0 Å². The van der Waals surface area contributed by atoms with Gasteiger partial charge in [0.1, 0.15) is 0 Å². The van der Waals surface area contributed by atoms with E-state index >= 15 is 0 Å². The molecule has 1 N–H and O–H groups in total. The first kappa shape index (κ1) is 11.0. The molecule has 0 heterocycles. The molecule has 4 heteroatoms. The van der Waals surface area contributed by atoms with Crippen molar-refractivity contribution in [2.45, 2.75) is 20.3 Å². The lowest BCUT2D eigenvalue weighted by Crippen LogP contribution is -2.11. The third-order valence-corrected chi connectivity index (χ3v) is 2.65. The Morgan fingerprint density at radius 1 is 1.36 bits per heavy atom. The number of anilines is 1. The maximum absolute atomic E-state index is 11.1. The molecule has 0 bridgehead atoms. The van der Waals surface area contributed by atoms with E-state index < -0.39 is 10.0 Å². The molecule has 0 spiro atoms. The number of hydrogen-bond acceptors (Lipinski definition) is 2. The molecule has 0 fully saturated rings. The molecule has 0 aliphatic carbocycles. The van der Waals surface area contributed by atoms with E-state index in [1.54, 1.807) is 6.07 Å². The number of nitrogens with one attached hydrogen (secondary N) is 1. The van der Waals surface area contributed by atoms with Gasteiger partial charge < -0.3 is 0 Å². The second-order valence-electron chi connectivity index (χ2n) is 3.33. The Balaban J connectivity index is 3.15. The van der Waals surface area contributed by atoms with Gasteiger partial charge in [0.05, 0.1) is 11.9 Å². The van der Waals surface area contributed by atoms with Crippen LogP contribution in [0.2, 0.25) is 0 Å². The van der Waals surface area contributed by atoms with Crippen molar-refractivity contribution in [3.63, 3.8) is 0 Å². The summed E-state index contributed by atoms with van der Waals surface area (Å²) in [5, 5.41) is 0. The molecular weight excluding hydrogens is 198 g/mol. The third-order valence-electron chi connectivity index (χ3n) is 2.06.